The Balaban J connectivity index is 0.000000771. The van der Waals surface area contributed by atoms with Gasteiger partial charge in [-0.3, -0.25) is 0 Å². The highest BCUT2D eigenvalue weighted by Crippen LogP contribution is 2.27. The molecule has 1 aromatic carbocycles. The Morgan fingerprint density at radius 2 is 1.50 bits per heavy atom. The van der Waals surface area contributed by atoms with Crippen LogP contribution in [0.25, 0.3) is 11.3 Å². The van der Waals surface area contributed by atoms with Gasteiger partial charge in [-0.1, -0.05) is 58.9 Å². The molecule has 0 spiro atoms. The van der Waals surface area contributed by atoms with Crippen LogP contribution in [0, 0.1) is 6.92 Å². The van der Waals surface area contributed by atoms with Crippen molar-refractivity contribution in [1.29, 1.82) is 0 Å². The summed E-state index contributed by atoms with van der Waals surface area (Å²) in [6.07, 6.45) is 0. The number of benzene rings is 1. The van der Waals surface area contributed by atoms with Crippen LogP contribution < -0.4 is 0 Å². The molecule has 1 N–H and O–H groups in total. The molecule has 0 unspecified atom stereocenters. The lowest BCUT2D eigenvalue weighted by Crippen LogP contribution is -2.11. The van der Waals surface area contributed by atoms with Crippen molar-refractivity contribution in [1.82, 2.24) is 4.98 Å². The van der Waals surface area contributed by atoms with E-state index in [4.69, 9.17) is 0 Å². The number of hydrogen-bond acceptors (Lipinski definition) is 0. The molecule has 0 aliphatic heterocycles. The summed E-state index contributed by atoms with van der Waals surface area (Å²) < 4.78 is 0. The van der Waals surface area contributed by atoms with Crippen LogP contribution in [0.4, 0.5) is 0 Å². The summed E-state index contributed by atoms with van der Waals surface area (Å²) in [7, 11) is 0. The molecule has 0 radical (unpaired) electrons. The molecule has 2 aromatic rings. The maximum absolute atomic E-state index is 3.51. The van der Waals surface area contributed by atoms with Crippen molar-refractivity contribution in [3.63, 3.8) is 0 Å². The first-order valence-electron chi connectivity index (χ1n) is 6.74. The lowest BCUT2D eigenvalue weighted by Gasteiger charge is -2.16. The van der Waals surface area contributed by atoms with Crippen molar-refractivity contribution in [3.8, 4) is 11.3 Å². The van der Waals surface area contributed by atoms with Gasteiger partial charge in [-0.2, -0.15) is 0 Å². The minimum atomic E-state index is 0.181. The Labute approximate surface area is 111 Å². The number of aryl methyl sites for hydroxylation is 1. The summed E-state index contributed by atoms with van der Waals surface area (Å²) in [5, 5.41) is 0. The molecule has 18 heavy (non-hydrogen) atoms. The molecule has 1 aromatic heterocycles. The van der Waals surface area contributed by atoms with Crippen molar-refractivity contribution in [2.75, 3.05) is 0 Å². The van der Waals surface area contributed by atoms with Gasteiger partial charge in [0, 0.05) is 22.4 Å². The van der Waals surface area contributed by atoms with Gasteiger partial charge in [0.15, 0.2) is 0 Å². The third-order valence-corrected chi connectivity index (χ3v) is 2.93. The zero-order valence-electron chi connectivity index (χ0n) is 12.5. The first kappa shape index (κ1) is 14.6. The van der Waals surface area contributed by atoms with Crippen LogP contribution in [0.2, 0.25) is 0 Å². The van der Waals surface area contributed by atoms with Crippen molar-refractivity contribution in [2.24, 2.45) is 0 Å². The van der Waals surface area contributed by atoms with Gasteiger partial charge in [0.1, 0.15) is 0 Å². The zero-order valence-corrected chi connectivity index (χ0v) is 12.5. The van der Waals surface area contributed by atoms with E-state index >= 15 is 0 Å². The van der Waals surface area contributed by atoms with E-state index in [0.717, 1.165) is 0 Å². The Morgan fingerprint density at radius 3 is 2.00 bits per heavy atom. The predicted octanol–water partition coefficient (Wildman–Crippen LogP) is 5.31. The van der Waals surface area contributed by atoms with Crippen molar-refractivity contribution in [2.45, 2.75) is 47.0 Å². The van der Waals surface area contributed by atoms with Crippen LogP contribution in [0.15, 0.2) is 36.4 Å². The maximum atomic E-state index is 3.51. The highest BCUT2D eigenvalue weighted by Gasteiger charge is 2.16. The zero-order chi connectivity index (χ0) is 13.8. The molecule has 0 saturated carbocycles. The molecular formula is C17H25N. The number of H-pyrrole nitrogens is 1. The molecule has 0 amide bonds. The Kier molecular flexibility index (Phi) is 4.77. The number of aromatic nitrogens is 1. The molecule has 0 bridgehead atoms. The molecule has 0 atom stereocenters. The average Bonchev–Trinajstić information content (AvgIpc) is 2.81. The topological polar surface area (TPSA) is 15.8 Å². The van der Waals surface area contributed by atoms with Crippen LogP contribution in [0.3, 0.4) is 0 Å². The summed E-state index contributed by atoms with van der Waals surface area (Å²) in [6.45, 7) is 12.8. The molecule has 0 saturated heterocycles. The number of hydrogen-bond donors (Lipinski definition) is 1. The summed E-state index contributed by atoms with van der Waals surface area (Å²) in [4.78, 5) is 3.51. The lowest BCUT2D eigenvalue weighted by atomic mass is 9.93. The fraction of sp³-hybridized carbons (Fsp3) is 0.412. The minimum absolute atomic E-state index is 0.181. The van der Waals surface area contributed by atoms with Crippen LogP contribution in [0.1, 0.15) is 45.9 Å². The molecular weight excluding hydrogens is 218 g/mol. The molecule has 1 nitrogen and oxygen atoms in total. The Bertz CT molecular complexity index is 486. The van der Waals surface area contributed by atoms with Crippen molar-refractivity contribution < 1.29 is 0 Å². The van der Waals surface area contributed by atoms with Gasteiger partial charge in [-0.15, -0.1) is 0 Å². The normalized spacial score (nSPS) is 10.8. The van der Waals surface area contributed by atoms with Gasteiger partial charge in [-0.25, -0.2) is 0 Å². The lowest BCUT2D eigenvalue weighted by molar-refractivity contribution is 0.573. The first-order chi connectivity index (χ1) is 8.48. The fourth-order valence-electron chi connectivity index (χ4n) is 1.86. The molecule has 1 heteroatoms. The van der Waals surface area contributed by atoms with E-state index in [9.17, 15) is 0 Å². The summed E-state index contributed by atoms with van der Waals surface area (Å²) in [5.41, 5.74) is 5.28. The molecule has 1 heterocycles. The smallest absolute Gasteiger partial charge is 0.0458 e. The fourth-order valence-corrected chi connectivity index (χ4v) is 1.86. The van der Waals surface area contributed by atoms with E-state index in [2.05, 4.69) is 69.1 Å². The summed E-state index contributed by atoms with van der Waals surface area (Å²) >= 11 is 0. The van der Waals surface area contributed by atoms with Crippen molar-refractivity contribution in [3.05, 3.63) is 47.7 Å². The standard InChI is InChI=1S/C15H19N.C2H6/c1-11-7-5-6-8-12(11)13-9-10-14(16-13)15(2,3)4;1-2/h5-10,16H,1-4H3;1-2H3. The molecule has 0 fully saturated rings. The monoisotopic (exact) mass is 243 g/mol. The predicted molar refractivity (Wildman–Crippen MR) is 81.0 cm³/mol. The summed E-state index contributed by atoms with van der Waals surface area (Å²) in [5.74, 6) is 0. The molecule has 0 aliphatic rings. The highest BCUT2D eigenvalue weighted by molar-refractivity contribution is 5.64. The van der Waals surface area contributed by atoms with Crippen molar-refractivity contribution >= 4 is 0 Å². The van der Waals surface area contributed by atoms with Gasteiger partial charge in [0.25, 0.3) is 0 Å². The Hall–Kier alpha value is -1.50. The van der Waals surface area contributed by atoms with Gasteiger partial charge in [0.2, 0.25) is 0 Å². The van der Waals surface area contributed by atoms with Gasteiger partial charge >= 0.3 is 0 Å². The van der Waals surface area contributed by atoms with Crippen LogP contribution >= 0.6 is 0 Å². The van der Waals surface area contributed by atoms with E-state index in [-0.39, 0.29) is 5.41 Å². The maximum Gasteiger partial charge on any atom is 0.0458 e. The van der Waals surface area contributed by atoms with E-state index in [0.29, 0.717) is 0 Å². The summed E-state index contributed by atoms with van der Waals surface area (Å²) in [6, 6.07) is 12.8. The van der Waals surface area contributed by atoms with Crippen LogP contribution in [0.5, 0.6) is 0 Å². The molecule has 2 rings (SSSR count). The van der Waals surface area contributed by atoms with Crippen LogP contribution in [-0.4, -0.2) is 4.98 Å². The molecule has 0 aliphatic carbocycles. The number of aromatic amines is 1. The average molecular weight is 243 g/mol. The van der Waals surface area contributed by atoms with E-state index < -0.39 is 0 Å². The second-order valence-electron chi connectivity index (χ2n) is 5.35. The van der Waals surface area contributed by atoms with E-state index in [1.54, 1.807) is 0 Å². The minimum Gasteiger partial charge on any atom is -0.358 e. The van der Waals surface area contributed by atoms with Gasteiger partial charge < -0.3 is 4.98 Å². The second kappa shape index (κ2) is 5.90. The molecule has 98 valence electrons. The third-order valence-electron chi connectivity index (χ3n) is 2.93. The largest absolute Gasteiger partial charge is 0.358 e. The SMILES string of the molecule is CC.Cc1ccccc1-c1ccc(C(C)(C)C)[nH]1. The quantitative estimate of drug-likeness (QED) is 0.698. The highest BCUT2D eigenvalue weighted by atomic mass is 14.7. The van der Waals surface area contributed by atoms with E-state index in [1.165, 1.54) is 22.5 Å². The van der Waals surface area contributed by atoms with Gasteiger partial charge in [-0.05, 0) is 24.6 Å². The first-order valence-corrected chi connectivity index (χ1v) is 6.74. The van der Waals surface area contributed by atoms with Crippen LogP contribution in [-0.2, 0) is 5.41 Å². The number of rotatable bonds is 1. The van der Waals surface area contributed by atoms with E-state index in [1.807, 2.05) is 13.8 Å². The second-order valence-corrected chi connectivity index (χ2v) is 5.35. The van der Waals surface area contributed by atoms with Gasteiger partial charge in [0.05, 0.1) is 0 Å². The third kappa shape index (κ3) is 3.25. The Morgan fingerprint density at radius 1 is 0.889 bits per heavy atom. The number of nitrogens with one attached hydrogen (secondary N) is 1.